The lowest BCUT2D eigenvalue weighted by Crippen LogP contribution is -2.49. The largest absolute Gasteiger partial charge is 0.314 e. The van der Waals surface area contributed by atoms with E-state index in [1.165, 1.54) is 5.56 Å². The second kappa shape index (κ2) is 4.58. The molecule has 2 rings (SSSR count). The Morgan fingerprint density at radius 3 is 2.86 bits per heavy atom. The van der Waals surface area contributed by atoms with Crippen LogP contribution in [-0.2, 0) is 6.54 Å². The van der Waals surface area contributed by atoms with E-state index in [2.05, 4.69) is 47.5 Å². The molecule has 1 aromatic rings. The predicted octanol–water partition coefficient (Wildman–Crippen LogP) is 1.48. The van der Waals surface area contributed by atoms with Crippen molar-refractivity contribution < 1.29 is 0 Å². The molecule has 1 aliphatic heterocycles. The van der Waals surface area contributed by atoms with Crippen LogP contribution in [0.4, 0.5) is 0 Å². The second-order valence-corrected chi connectivity index (χ2v) is 4.01. The van der Waals surface area contributed by atoms with E-state index in [4.69, 9.17) is 0 Å². The van der Waals surface area contributed by atoms with Crippen LogP contribution in [0.5, 0.6) is 0 Å². The number of benzene rings is 1. The van der Waals surface area contributed by atoms with Crippen LogP contribution in [0.3, 0.4) is 0 Å². The molecular formula is C12H18N2. The summed E-state index contributed by atoms with van der Waals surface area (Å²) in [6.07, 6.45) is 0. The van der Waals surface area contributed by atoms with Crippen LogP contribution in [0.1, 0.15) is 12.5 Å². The first-order valence-electron chi connectivity index (χ1n) is 5.35. The Labute approximate surface area is 85.9 Å². The Kier molecular flexibility index (Phi) is 3.17. The third kappa shape index (κ3) is 2.34. The molecule has 14 heavy (non-hydrogen) atoms. The lowest BCUT2D eigenvalue weighted by atomic mass is 10.1. The van der Waals surface area contributed by atoms with Crippen molar-refractivity contribution in [2.24, 2.45) is 0 Å². The molecule has 1 saturated heterocycles. The van der Waals surface area contributed by atoms with E-state index < -0.39 is 0 Å². The SMILES string of the molecule is C[C@@H]1CNCCN1Cc1ccccc1. The monoisotopic (exact) mass is 190 g/mol. The normalized spacial score (nSPS) is 23.6. The molecule has 0 bridgehead atoms. The van der Waals surface area contributed by atoms with E-state index in [0.29, 0.717) is 6.04 Å². The second-order valence-electron chi connectivity index (χ2n) is 4.01. The Hall–Kier alpha value is -0.860. The number of hydrogen-bond acceptors (Lipinski definition) is 2. The zero-order valence-electron chi connectivity index (χ0n) is 8.74. The smallest absolute Gasteiger partial charge is 0.0237 e. The van der Waals surface area contributed by atoms with Gasteiger partial charge in [-0.25, -0.2) is 0 Å². The zero-order chi connectivity index (χ0) is 9.80. The van der Waals surface area contributed by atoms with Gasteiger partial charge in [-0.15, -0.1) is 0 Å². The molecule has 1 aliphatic rings. The summed E-state index contributed by atoms with van der Waals surface area (Å²) in [7, 11) is 0. The number of piperazine rings is 1. The minimum Gasteiger partial charge on any atom is -0.314 e. The molecule has 76 valence electrons. The highest BCUT2D eigenvalue weighted by atomic mass is 15.2. The van der Waals surface area contributed by atoms with Gasteiger partial charge >= 0.3 is 0 Å². The first-order chi connectivity index (χ1) is 6.86. The molecule has 0 aliphatic carbocycles. The molecule has 0 saturated carbocycles. The van der Waals surface area contributed by atoms with Crippen molar-refractivity contribution in [2.75, 3.05) is 19.6 Å². The van der Waals surface area contributed by atoms with Gasteiger partial charge in [-0.2, -0.15) is 0 Å². The van der Waals surface area contributed by atoms with Gasteiger partial charge in [0.15, 0.2) is 0 Å². The van der Waals surface area contributed by atoms with E-state index in [-0.39, 0.29) is 0 Å². The fraction of sp³-hybridized carbons (Fsp3) is 0.500. The van der Waals surface area contributed by atoms with E-state index in [9.17, 15) is 0 Å². The van der Waals surface area contributed by atoms with Gasteiger partial charge in [0.25, 0.3) is 0 Å². The van der Waals surface area contributed by atoms with Crippen LogP contribution in [-0.4, -0.2) is 30.6 Å². The molecule has 1 atom stereocenters. The summed E-state index contributed by atoms with van der Waals surface area (Å²) in [4.78, 5) is 2.53. The van der Waals surface area contributed by atoms with Crippen molar-refractivity contribution in [3.8, 4) is 0 Å². The van der Waals surface area contributed by atoms with Crippen molar-refractivity contribution in [2.45, 2.75) is 19.5 Å². The van der Waals surface area contributed by atoms with Crippen molar-refractivity contribution in [1.82, 2.24) is 10.2 Å². The molecule has 2 nitrogen and oxygen atoms in total. The van der Waals surface area contributed by atoms with Crippen LogP contribution < -0.4 is 5.32 Å². The Bertz CT molecular complexity index is 271. The highest BCUT2D eigenvalue weighted by molar-refractivity contribution is 5.14. The van der Waals surface area contributed by atoms with Gasteiger partial charge in [-0.1, -0.05) is 30.3 Å². The van der Waals surface area contributed by atoms with Gasteiger partial charge in [0.2, 0.25) is 0 Å². The summed E-state index contributed by atoms with van der Waals surface area (Å²) in [5.74, 6) is 0. The minimum absolute atomic E-state index is 0.656. The van der Waals surface area contributed by atoms with Crippen LogP contribution in [0.15, 0.2) is 30.3 Å². The maximum atomic E-state index is 3.41. The maximum absolute atomic E-state index is 3.41. The third-order valence-electron chi connectivity index (χ3n) is 2.87. The predicted molar refractivity (Wildman–Crippen MR) is 59.2 cm³/mol. The van der Waals surface area contributed by atoms with E-state index in [1.54, 1.807) is 0 Å². The van der Waals surface area contributed by atoms with Gasteiger partial charge < -0.3 is 5.32 Å². The van der Waals surface area contributed by atoms with Gasteiger partial charge in [0.1, 0.15) is 0 Å². The van der Waals surface area contributed by atoms with Gasteiger partial charge in [-0.05, 0) is 12.5 Å². The standard InChI is InChI=1S/C12H18N2/c1-11-9-13-7-8-14(11)10-12-5-3-2-4-6-12/h2-6,11,13H,7-10H2,1H3/t11-/m1/s1. The summed E-state index contributed by atoms with van der Waals surface area (Å²) in [6.45, 7) is 6.78. The van der Waals surface area contributed by atoms with E-state index >= 15 is 0 Å². The Balaban J connectivity index is 1.96. The van der Waals surface area contributed by atoms with Crippen LogP contribution in [0, 0.1) is 0 Å². The fourth-order valence-corrected chi connectivity index (χ4v) is 1.94. The molecule has 0 aromatic heterocycles. The van der Waals surface area contributed by atoms with Gasteiger partial charge in [0.05, 0.1) is 0 Å². The number of nitrogens with zero attached hydrogens (tertiary/aromatic N) is 1. The molecule has 1 aromatic carbocycles. The number of nitrogens with one attached hydrogen (secondary N) is 1. The molecule has 1 heterocycles. The molecule has 2 heteroatoms. The number of hydrogen-bond donors (Lipinski definition) is 1. The lowest BCUT2D eigenvalue weighted by molar-refractivity contribution is 0.165. The van der Waals surface area contributed by atoms with E-state index in [0.717, 1.165) is 26.2 Å². The summed E-state index contributed by atoms with van der Waals surface area (Å²) in [5, 5.41) is 3.41. The van der Waals surface area contributed by atoms with Crippen LogP contribution >= 0.6 is 0 Å². The van der Waals surface area contributed by atoms with Crippen LogP contribution in [0.2, 0.25) is 0 Å². The first kappa shape index (κ1) is 9.69. The van der Waals surface area contributed by atoms with E-state index in [1.807, 2.05) is 0 Å². The molecule has 1 N–H and O–H groups in total. The fourth-order valence-electron chi connectivity index (χ4n) is 1.94. The van der Waals surface area contributed by atoms with Gasteiger partial charge in [-0.3, -0.25) is 4.90 Å². The molecule has 1 fully saturated rings. The minimum atomic E-state index is 0.656. The lowest BCUT2D eigenvalue weighted by Gasteiger charge is -2.33. The van der Waals surface area contributed by atoms with Crippen molar-refractivity contribution in [3.63, 3.8) is 0 Å². The third-order valence-corrected chi connectivity index (χ3v) is 2.87. The molecule has 0 radical (unpaired) electrons. The average Bonchev–Trinajstić information content (AvgIpc) is 2.23. The average molecular weight is 190 g/mol. The summed E-state index contributed by atoms with van der Waals surface area (Å²) < 4.78 is 0. The zero-order valence-corrected chi connectivity index (χ0v) is 8.74. The van der Waals surface area contributed by atoms with Crippen LogP contribution in [0.25, 0.3) is 0 Å². The molecule has 0 unspecified atom stereocenters. The quantitative estimate of drug-likeness (QED) is 0.760. The first-order valence-corrected chi connectivity index (χ1v) is 5.35. The highest BCUT2D eigenvalue weighted by Gasteiger charge is 2.17. The molecular weight excluding hydrogens is 172 g/mol. The topological polar surface area (TPSA) is 15.3 Å². The summed E-state index contributed by atoms with van der Waals surface area (Å²) in [5.41, 5.74) is 1.42. The highest BCUT2D eigenvalue weighted by Crippen LogP contribution is 2.09. The van der Waals surface area contributed by atoms with Crippen molar-refractivity contribution >= 4 is 0 Å². The van der Waals surface area contributed by atoms with Crippen molar-refractivity contribution in [3.05, 3.63) is 35.9 Å². The molecule has 0 spiro atoms. The number of rotatable bonds is 2. The molecule has 0 amide bonds. The Morgan fingerprint density at radius 2 is 2.14 bits per heavy atom. The Morgan fingerprint density at radius 1 is 1.36 bits per heavy atom. The summed E-state index contributed by atoms with van der Waals surface area (Å²) >= 11 is 0. The van der Waals surface area contributed by atoms with Gasteiger partial charge in [0, 0.05) is 32.2 Å². The maximum Gasteiger partial charge on any atom is 0.0237 e. The van der Waals surface area contributed by atoms with Crippen molar-refractivity contribution in [1.29, 1.82) is 0 Å². The summed E-state index contributed by atoms with van der Waals surface area (Å²) in [6, 6.07) is 11.4.